The summed E-state index contributed by atoms with van der Waals surface area (Å²) in [5.41, 5.74) is 17.8. The Labute approximate surface area is 258 Å². The molecule has 0 spiro atoms. The van der Waals surface area contributed by atoms with Crippen molar-refractivity contribution in [2.75, 3.05) is 11.9 Å². The molecule has 0 N–H and O–H groups in total. The molecule has 0 saturated heterocycles. The Morgan fingerprint density at radius 1 is 0.500 bits per heavy atom. The van der Waals surface area contributed by atoms with Crippen LogP contribution in [0.2, 0.25) is 0 Å². The summed E-state index contributed by atoms with van der Waals surface area (Å²) in [4.78, 5) is 2.36. The Hall–Kier alpha value is -5.40. The third-order valence-electron chi connectivity index (χ3n) is 9.82. The molecule has 0 fully saturated rings. The zero-order chi connectivity index (χ0) is 29.5. The second-order valence-electron chi connectivity index (χ2n) is 12.3. The van der Waals surface area contributed by atoms with Crippen LogP contribution in [0.15, 0.2) is 134 Å². The number of fused-ring (bicyclic) bond motifs is 7. The lowest BCUT2D eigenvalue weighted by atomic mass is 9.84. The number of benzene rings is 7. The van der Waals surface area contributed by atoms with E-state index in [1.165, 1.54) is 94.1 Å². The van der Waals surface area contributed by atoms with E-state index in [0.717, 1.165) is 12.0 Å². The maximum Gasteiger partial charge on any atom is 0.0450 e. The van der Waals surface area contributed by atoms with Crippen LogP contribution in [0.1, 0.15) is 27.8 Å². The molecule has 1 heterocycles. The summed E-state index contributed by atoms with van der Waals surface area (Å²) in [5.74, 6) is 0. The van der Waals surface area contributed by atoms with Gasteiger partial charge >= 0.3 is 0 Å². The van der Waals surface area contributed by atoms with Crippen molar-refractivity contribution in [2.24, 2.45) is 0 Å². The van der Waals surface area contributed by atoms with Gasteiger partial charge in [-0.1, -0.05) is 121 Å². The van der Waals surface area contributed by atoms with Crippen molar-refractivity contribution in [3.63, 3.8) is 0 Å². The van der Waals surface area contributed by atoms with Crippen molar-refractivity contribution in [3.8, 4) is 33.4 Å². The van der Waals surface area contributed by atoms with Crippen LogP contribution in [0.3, 0.4) is 0 Å². The van der Waals surface area contributed by atoms with Crippen LogP contribution in [0.25, 0.3) is 60.5 Å². The standard InChI is InChI=1S/C43H31N/c1-26-16-20-37-39(22-26)43(31-18-17-29-23-28-10-4-9-15-40(28)44(3)41(29)25-31)36-14-8-7-13-35(36)42(37)30-19-21-34-33-12-6-5-11-32(33)27(2)38(34)24-30/h4-22,24-25H,2,23H2,1,3H3. The van der Waals surface area contributed by atoms with E-state index in [4.69, 9.17) is 0 Å². The average molecular weight is 562 g/mol. The van der Waals surface area contributed by atoms with E-state index in [1.807, 2.05) is 0 Å². The zero-order valence-corrected chi connectivity index (χ0v) is 25.0. The average Bonchev–Trinajstić information content (AvgIpc) is 3.34. The highest BCUT2D eigenvalue weighted by Crippen LogP contribution is 2.49. The molecule has 0 aromatic heterocycles. The number of para-hydroxylation sites is 1. The van der Waals surface area contributed by atoms with Gasteiger partial charge in [-0.25, -0.2) is 0 Å². The van der Waals surface area contributed by atoms with Gasteiger partial charge in [0.1, 0.15) is 0 Å². The van der Waals surface area contributed by atoms with E-state index < -0.39 is 0 Å². The van der Waals surface area contributed by atoms with Crippen molar-refractivity contribution in [3.05, 3.63) is 162 Å². The lowest BCUT2D eigenvalue weighted by molar-refractivity contribution is 1.06. The minimum absolute atomic E-state index is 0.961. The molecule has 1 aliphatic carbocycles. The van der Waals surface area contributed by atoms with E-state index in [2.05, 4.69) is 153 Å². The van der Waals surface area contributed by atoms with E-state index in [1.54, 1.807) is 0 Å². The fourth-order valence-electron chi connectivity index (χ4n) is 7.73. The zero-order valence-electron chi connectivity index (χ0n) is 25.0. The van der Waals surface area contributed by atoms with Crippen molar-refractivity contribution < 1.29 is 0 Å². The molecule has 0 radical (unpaired) electrons. The van der Waals surface area contributed by atoms with E-state index >= 15 is 0 Å². The predicted molar refractivity (Wildman–Crippen MR) is 188 cm³/mol. The quantitative estimate of drug-likeness (QED) is 0.190. The van der Waals surface area contributed by atoms with Gasteiger partial charge < -0.3 is 4.90 Å². The molecular formula is C43H31N. The van der Waals surface area contributed by atoms with Gasteiger partial charge in [0.05, 0.1) is 0 Å². The minimum atomic E-state index is 0.961. The number of rotatable bonds is 2. The van der Waals surface area contributed by atoms with Gasteiger partial charge in [0.25, 0.3) is 0 Å². The van der Waals surface area contributed by atoms with Crippen LogP contribution >= 0.6 is 0 Å². The van der Waals surface area contributed by atoms with Crippen LogP contribution in [0.5, 0.6) is 0 Å². The van der Waals surface area contributed by atoms with Gasteiger partial charge in [0.15, 0.2) is 0 Å². The molecule has 44 heavy (non-hydrogen) atoms. The first-order valence-corrected chi connectivity index (χ1v) is 15.4. The summed E-state index contributed by atoms with van der Waals surface area (Å²) >= 11 is 0. The molecule has 0 atom stereocenters. The number of anilines is 2. The molecule has 9 rings (SSSR count). The smallest absolute Gasteiger partial charge is 0.0450 e. The fourth-order valence-corrected chi connectivity index (χ4v) is 7.73. The number of aryl methyl sites for hydroxylation is 1. The Morgan fingerprint density at radius 2 is 1.11 bits per heavy atom. The monoisotopic (exact) mass is 561 g/mol. The second kappa shape index (κ2) is 9.30. The van der Waals surface area contributed by atoms with Crippen molar-refractivity contribution in [1.82, 2.24) is 0 Å². The van der Waals surface area contributed by atoms with E-state index in [9.17, 15) is 0 Å². The summed E-state index contributed by atoms with van der Waals surface area (Å²) in [7, 11) is 2.20. The van der Waals surface area contributed by atoms with E-state index in [0.29, 0.717) is 0 Å². The lowest BCUT2D eigenvalue weighted by Crippen LogP contribution is -2.18. The third kappa shape index (κ3) is 3.53. The summed E-state index contributed by atoms with van der Waals surface area (Å²) in [6.07, 6.45) is 0.961. The van der Waals surface area contributed by atoms with Gasteiger partial charge in [-0.05, 0) is 108 Å². The molecular weight excluding hydrogens is 530 g/mol. The minimum Gasteiger partial charge on any atom is -0.344 e. The number of hydrogen-bond donors (Lipinski definition) is 0. The maximum atomic E-state index is 4.51. The van der Waals surface area contributed by atoms with Gasteiger partial charge in [-0.15, -0.1) is 0 Å². The normalized spacial score (nSPS) is 13.1. The molecule has 1 aliphatic heterocycles. The maximum absolute atomic E-state index is 4.51. The Bertz CT molecular complexity index is 2360. The molecule has 208 valence electrons. The van der Waals surface area contributed by atoms with Crippen LogP contribution in [-0.4, -0.2) is 7.05 Å². The van der Waals surface area contributed by atoms with Crippen molar-refractivity contribution in [1.29, 1.82) is 0 Å². The lowest BCUT2D eigenvalue weighted by Gasteiger charge is -2.31. The fraction of sp³-hybridized carbons (Fsp3) is 0.0698. The molecule has 7 aromatic carbocycles. The molecule has 1 nitrogen and oxygen atoms in total. The topological polar surface area (TPSA) is 3.24 Å². The summed E-state index contributed by atoms with van der Waals surface area (Å²) < 4.78 is 0. The number of hydrogen-bond acceptors (Lipinski definition) is 1. The Kier molecular flexibility index (Phi) is 5.31. The summed E-state index contributed by atoms with van der Waals surface area (Å²) in [6.45, 7) is 6.71. The Balaban J connectivity index is 1.30. The van der Waals surface area contributed by atoms with Gasteiger partial charge in [-0.3, -0.25) is 0 Å². The largest absolute Gasteiger partial charge is 0.344 e. The molecule has 2 aliphatic rings. The van der Waals surface area contributed by atoms with Crippen molar-refractivity contribution >= 4 is 38.5 Å². The molecule has 0 saturated carbocycles. The van der Waals surface area contributed by atoms with Crippen LogP contribution in [0, 0.1) is 6.92 Å². The molecule has 1 heteroatoms. The first-order valence-electron chi connectivity index (χ1n) is 15.4. The van der Waals surface area contributed by atoms with Gasteiger partial charge in [0, 0.05) is 24.8 Å². The predicted octanol–water partition coefficient (Wildman–Crippen LogP) is 11.3. The third-order valence-corrected chi connectivity index (χ3v) is 9.82. The highest BCUT2D eigenvalue weighted by atomic mass is 15.1. The summed E-state index contributed by atoms with van der Waals surface area (Å²) in [5, 5.41) is 5.13. The SMILES string of the molecule is C=C1c2ccccc2-c2ccc(-c3c4ccccc4c(-c4ccc5c(c4)N(C)c4ccccc4C5)c4cc(C)ccc34)cc21. The number of nitrogens with zero attached hydrogens (tertiary/aromatic N) is 1. The van der Waals surface area contributed by atoms with Gasteiger partial charge in [-0.2, -0.15) is 0 Å². The van der Waals surface area contributed by atoms with E-state index in [-0.39, 0.29) is 0 Å². The van der Waals surface area contributed by atoms with Gasteiger partial charge in [0.2, 0.25) is 0 Å². The highest BCUT2D eigenvalue weighted by Gasteiger charge is 2.25. The highest BCUT2D eigenvalue weighted by molar-refractivity contribution is 6.22. The van der Waals surface area contributed by atoms with Crippen LogP contribution in [-0.2, 0) is 6.42 Å². The summed E-state index contributed by atoms with van der Waals surface area (Å²) in [6, 6.07) is 47.3. The molecule has 0 bridgehead atoms. The molecule has 0 amide bonds. The first-order chi connectivity index (χ1) is 21.6. The molecule has 7 aromatic rings. The van der Waals surface area contributed by atoms with Crippen molar-refractivity contribution in [2.45, 2.75) is 13.3 Å². The van der Waals surface area contributed by atoms with Crippen LogP contribution < -0.4 is 4.90 Å². The first kappa shape index (κ1) is 25.1. The van der Waals surface area contributed by atoms with Crippen LogP contribution in [0.4, 0.5) is 11.4 Å². The second-order valence-corrected chi connectivity index (χ2v) is 12.3. The molecule has 0 unspecified atom stereocenters. The Morgan fingerprint density at radius 3 is 1.95 bits per heavy atom.